The Morgan fingerprint density at radius 1 is 0.885 bits per heavy atom. The van der Waals surface area contributed by atoms with Crippen molar-refractivity contribution < 1.29 is 4.79 Å². The fourth-order valence-electron chi connectivity index (χ4n) is 2.95. The highest BCUT2D eigenvalue weighted by atomic mass is 32.1. The molecule has 0 aliphatic rings. The van der Waals surface area contributed by atoms with Crippen molar-refractivity contribution in [3.63, 3.8) is 0 Å². The number of nitrogens with one attached hydrogen (secondary N) is 1. The summed E-state index contributed by atoms with van der Waals surface area (Å²) in [5, 5.41) is 2.84. The van der Waals surface area contributed by atoms with E-state index in [9.17, 15) is 9.59 Å². The number of carbonyl (C=O) groups excluding carboxylic acids is 1. The molecule has 0 atom stereocenters. The fraction of sp³-hybridized carbons (Fsp3) is 0. The smallest absolute Gasteiger partial charge is 0.260 e. The van der Waals surface area contributed by atoms with Gasteiger partial charge in [-0.1, -0.05) is 60.7 Å². The van der Waals surface area contributed by atoms with E-state index in [1.54, 1.807) is 35.6 Å². The second-order valence-corrected chi connectivity index (χ2v) is 6.81. The van der Waals surface area contributed by atoms with E-state index in [4.69, 9.17) is 0 Å². The molecule has 26 heavy (non-hydrogen) atoms. The van der Waals surface area contributed by atoms with Gasteiger partial charge in [-0.25, -0.2) is 0 Å². The van der Waals surface area contributed by atoms with E-state index in [1.807, 2.05) is 60.0 Å². The van der Waals surface area contributed by atoms with Gasteiger partial charge in [0.2, 0.25) is 0 Å². The first-order chi connectivity index (χ1) is 12.7. The highest BCUT2D eigenvalue weighted by molar-refractivity contribution is 7.10. The van der Waals surface area contributed by atoms with Crippen molar-refractivity contribution in [3.05, 3.63) is 104 Å². The highest BCUT2D eigenvalue weighted by Gasteiger charge is 2.19. The van der Waals surface area contributed by atoms with Crippen LogP contribution in [0.2, 0.25) is 0 Å². The number of thiophene rings is 1. The van der Waals surface area contributed by atoms with Gasteiger partial charge in [0, 0.05) is 26.9 Å². The summed E-state index contributed by atoms with van der Waals surface area (Å²) in [6.07, 6.45) is 3.80. The Balaban J connectivity index is 1.96. The van der Waals surface area contributed by atoms with Gasteiger partial charge < -0.3 is 4.98 Å². The van der Waals surface area contributed by atoms with Crippen molar-refractivity contribution in [1.29, 1.82) is 0 Å². The Morgan fingerprint density at radius 3 is 2.42 bits per heavy atom. The molecule has 0 aliphatic carbocycles. The zero-order valence-electron chi connectivity index (χ0n) is 13.8. The summed E-state index contributed by atoms with van der Waals surface area (Å²) in [5.74, 6) is -0.275. The molecule has 0 aliphatic heterocycles. The lowest BCUT2D eigenvalue weighted by Crippen LogP contribution is -2.20. The summed E-state index contributed by atoms with van der Waals surface area (Å²) < 4.78 is 0. The number of benzene rings is 2. The van der Waals surface area contributed by atoms with Crippen LogP contribution in [0.5, 0.6) is 0 Å². The number of H-pyrrole nitrogens is 1. The minimum Gasteiger partial charge on any atom is -0.321 e. The van der Waals surface area contributed by atoms with Crippen LogP contribution < -0.4 is 5.56 Å². The summed E-state index contributed by atoms with van der Waals surface area (Å²) >= 11 is 1.60. The number of aromatic nitrogens is 1. The van der Waals surface area contributed by atoms with E-state index in [1.165, 1.54) is 0 Å². The van der Waals surface area contributed by atoms with E-state index in [-0.39, 0.29) is 16.9 Å². The molecule has 126 valence electrons. The lowest BCUT2D eigenvalue weighted by atomic mass is 9.96. The van der Waals surface area contributed by atoms with Crippen LogP contribution in [0.4, 0.5) is 0 Å². The zero-order valence-corrected chi connectivity index (χ0v) is 14.6. The summed E-state index contributed by atoms with van der Waals surface area (Å²) in [6.45, 7) is 0. The molecule has 0 fully saturated rings. The number of hydrogen-bond donors (Lipinski definition) is 1. The SMILES string of the molecule is O=C(c1ccccc1)c1c(/C=C/c2cccs2)c2ccccc2[nH]c1=O. The first kappa shape index (κ1) is 16.2. The number of hydrogen-bond acceptors (Lipinski definition) is 3. The van der Waals surface area contributed by atoms with Gasteiger partial charge in [0.15, 0.2) is 5.78 Å². The molecule has 0 bridgehead atoms. The van der Waals surface area contributed by atoms with Crippen molar-refractivity contribution in [1.82, 2.24) is 4.98 Å². The first-order valence-electron chi connectivity index (χ1n) is 8.20. The molecule has 0 radical (unpaired) electrons. The van der Waals surface area contributed by atoms with Gasteiger partial charge in [-0.15, -0.1) is 11.3 Å². The van der Waals surface area contributed by atoms with Crippen LogP contribution in [0.25, 0.3) is 23.1 Å². The molecule has 0 unspecified atom stereocenters. The van der Waals surface area contributed by atoms with Gasteiger partial charge in [-0.3, -0.25) is 9.59 Å². The third-order valence-corrected chi connectivity index (χ3v) is 5.02. The lowest BCUT2D eigenvalue weighted by molar-refractivity contribution is 0.103. The number of fused-ring (bicyclic) bond motifs is 1. The predicted molar refractivity (Wildman–Crippen MR) is 108 cm³/mol. The van der Waals surface area contributed by atoms with E-state index in [2.05, 4.69) is 4.98 Å². The van der Waals surface area contributed by atoms with Crippen LogP contribution in [0.15, 0.2) is 76.9 Å². The quantitative estimate of drug-likeness (QED) is 0.523. The highest BCUT2D eigenvalue weighted by Crippen LogP contribution is 2.23. The van der Waals surface area contributed by atoms with Gasteiger partial charge in [0.25, 0.3) is 5.56 Å². The normalized spacial score (nSPS) is 11.2. The van der Waals surface area contributed by atoms with E-state index in [0.717, 1.165) is 10.3 Å². The lowest BCUT2D eigenvalue weighted by Gasteiger charge is -2.09. The molecule has 4 heteroatoms. The number of carbonyl (C=O) groups is 1. The standard InChI is InChI=1S/C22H15NO2S/c24-21(15-7-2-1-3-8-15)20-18(13-12-16-9-6-14-26-16)17-10-4-5-11-19(17)23-22(20)25/h1-14H,(H,23,25)/b13-12+. The summed E-state index contributed by atoms with van der Waals surface area (Å²) in [6, 6.07) is 20.4. The predicted octanol–water partition coefficient (Wildman–Crippen LogP) is 4.99. The van der Waals surface area contributed by atoms with Crippen LogP contribution in [0, 0.1) is 0 Å². The molecule has 4 rings (SSSR count). The minimum absolute atomic E-state index is 0.169. The number of aromatic amines is 1. The van der Waals surface area contributed by atoms with Crippen molar-refractivity contribution in [3.8, 4) is 0 Å². The third-order valence-electron chi connectivity index (χ3n) is 4.18. The number of pyridine rings is 1. The van der Waals surface area contributed by atoms with Gasteiger partial charge in [-0.2, -0.15) is 0 Å². The van der Waals surface area contributed by atoms with Crippen LogP contribution in [-0.4, -0.2) is 10.8 Å². The zero-order chi connectivity index (χ0) is 17.9. The monoisotopic (exact) mass is 357 g/mol. The average Bonchev–Trinajstić information content (AvgIpc) is 3.19. The van der Waals surface area contributed by atoms with Crippen LogP contribution in [-0.2, 0) is 0 Å². The maximum Gasteiger partial charge on any atom is 0.260 e. The van der Waals surface area contributed by atoms with E-state index < -0.39 is 0 Å². The Labute approximate surface area is 154 Å². The Hall–Kier alpha value is -3.24. The fourth-order valence-corrected chi connectivity index (χ4v) is 3.57. The van der Waals surface area contributed by atoms with Gasteiger partial charge >= 0.3 is 0 Å². The molecular formula is C22H15NO2S. The Bertz CT molecular complexity index is 1160. The molecular weight excluding hydrogens is 342 g/mol. The van der Waals surface area contributed by atoms with Gasteiger partial charge in [0.05, 0.1) is 5.56 Å². The van der Waals surface area contributed by atoms with E-state index in [0.29, 0.717) is 16.6 Å². The van der Waals surface area contributed by atoms with Gasteiger partial charge in [0.1, 0.15) is 0 Å². The summed E-state index contributed by atoms with van der Waals surface area (Å²) in [4.78, 5) is 29.7. The summed E-state index contributed by atoms with van der Waals surface area (Å²) in [5.41, 5.74) is 1.66. The largest absolute Gasteiger partial charge is 0.321 e. The van der Waals surface area contributed by atoms with Gasteiger partial charge in [-0.05, 0) is 23.6 Å². The number of rotatable bonds is 4. The van der Waals surface area contributed by atoms with Crippen LogP contribution in [0.3, 0.4) is 0 Å². The Morgan fingerprint density at radius 2 is 1.65 bits per heavy atom. The molecule has 4 aromatic rings. The molecule has 0 amide bonds. The molecule has 0 spiro atoms. The number of ketones is 1. The molecule has 3 nitrogen and oxygen atoms in total. The second kappa shape index (κ2) is 6.94. The molecule has 0 saturated carbocycles. The van der Waals surface area contributed by atoms with Crippen LogP contribution in [0.1, 0.15) is 26.4 Å². The van der Waals surface area contributed by atoms with Crippen molar-refractivity contribution in [2.45, 2.75) is 0 Å². The van der Waals surface area contributed by atoms with Crippen molar-refractivity contribution >= 4 is 40.2 Å². The molecule has 1 N–H and O–H groups in total. The molecule has 0 saturated heterocycles. The van der Waals surface area contributed by atoms with Crippen molar-refractivity contribution in [2.24, 2.45) is 0 Å². The van der Waals surface area contributed by atoms with E-state index >= 15 is 0 Å². The Kier molecular flexibility index (Phi) is 4.33. The average molecular weight is 357 g/mol. The molecule has 2 aromatic heterocycles. The second-order valence-electron chi connectivity index (χ2n) is 5.83. The topological polar surface area (TPSA) is 49.9 Å². The summed E-state index contributed by atoms with van der Waals surface area (Å²) in [7, 11) is 0. The maximum atomic E-state index is 13.0. The third kappa shape index (κ3) is 3.03. The number of para-hydroxylation sites is 1. The minimum atomic E-state index is -0.372. The van der Waals surface area contributed by atoms with Crippen LogP contribution >= 0.6 is 11.3 Å². The first-order valence-corrected chi connectivity index (χ1v) is 9.08. The maximum absolute atomic E-state index is 13.0. The van der Waals surface area contributed by atoms with Crippen molar-refractivity contribution in [2.75, 3.05) is 0 Å². The molecule has 2 heterocycles. The molecule has 2 aromatic carbocycles.